The van der Waals surface area contributed by atoms with Crippen LogP contribution in [0.4, 0.5) is 5.69 Å². The van der Waals surface area contributed by atoms with Crippen LogP contribution < -0.4 is 10.6 Å². The van der Waals surface area contributed by atoms with E-state index in [9.17, 15) is 0 Å². The van der Waals surface area contributed by atoms with Gasteiger partial charge in [0.1, 0.15) is 0 Å². The van der Waals surface area contributed by atoms with Crippen molar-refractivity contribution in [3.8, 4) is 0 Å². The first-order valence-corrected chi connectivity index (χ1v) is 6.60. The topological polar surface area (TPSA) is 29.3 Å². The average Bonchev–Trinajstić information content (AvgIpc) is 2.28. The highest BCUT2D eigenvalue weighted by molar-refractivity contribution is 5.55. The Morgan fingerprint density at radius 2 is 1.76 bits per heavy atom. The third-order valence-corrected chi connectivity index (χ3v) is 2.88. The fourth-order valence-corrected chi connectivity index (χ4v) is 2.17. The van der Waals surface area contributed by atoms with Crippen LogP contribution in [0.25, 0.3) is 0 Å². The van der Waals surface area contributed by atoms with Gasteiger partial charge in [-0.2, -0.15) is 0 Å². The molecule has 0 aromatic heterocycles. The normalized spacial score (nSPS) is 11.2. The molecular formula is C15H26N2. The van der Waals surface area contributed by atoms with Gasteiger partial charge >= 0.3 is 0 Å². The van der Waals surface area contributed by atoms with Crippen LogP contribution in [0.5, 0.6) is 0 Å². The van der Waals surface area contributed by atoms with Gasteiger partial charge in [-0.05, 0) is 23.5 Å². The molecule has 0 fully saturated rings. The van der Waals surface area contributed by atoms with Crippen molar-refractivity contribution in [1.29, 1.82) is 0 Å². The quantitative estimate of drug-likeness (QED) is 0.819. The number of rotatable bonds is 6. The van der Waals surface area contributed by atoms with Crippen LogP contribution in [0.15, 0.2) is 24.3 Å². The monoisotopic (exact) mass is 234 g/mol. The highest BCUT2D eigenvalue weighted by Crippen LogP contribution is 2.27. The Kier molecular flexibility index (Phi) is 5.49. The lowest BCUT2D eigenvalue weighted by Crippen LogP contribution is -2.33. The first-order valence-electron chi connectivity index (χ1n) is 6.60. The Bertz CT molecular complexity index is 331. The van der Waals surface area contributed by atoms with Gasteiger partial charge in [0.2, 0.25) is 0 Å². The van der Waals surface area contributed by atoms with Crippen molar-refractivity contribution in [3.63, 3.8) is 0 Å². The Balaban J connectivity index is 2.99. The summed E-state index contributed by atoms with van der Waals surface area (Å²) in [6.07, 6.45) is 0. The Morgan fingerprint density at radius 3 is 2.29 bits per heavy atom. The zero-order chi connectivity index (χ0) is 12.8. The van der Waals surface area contributed by atoms with Gasteiger partial charge in [0.05, 0.1) is 0 Å². The van der Waals surface area contributed by atoms with Crippen LogP contribution in [0.1, 0.15) is 39.2 Å². The largest absolute Gasteiger partial charge is 0.370 e. The lowest BCUT2D eigenvalue weighted by molar-refractivity contribution is 0.609. The van der Waals surface area contributed by atoms with Crippen molar-refractivity contribution >= 4 is 5.69 Å². The van der Waals surface area contributed by atoms with Crippen molar-refractivity contribution in [2.45, 2.75) is 33.6 Å². The molecule has 0 spiro atoms. The van der Waals surface area contributed by atoms with Gasteiger partial charge in [0.15, 0.2) is 0 Å². The Morgan fingerprint density at radius 1 is 1.12 bits per heavy atom. The lowest BCUT2D eigenvalue weighted by atomic mass is 10.00. The molecule has 0 saturated heterocycles. The second kappa shape index (κ2) is 6.65. The van der Waals surface area contributed by atoms with Crippen molar-refractivity contribution in [2.24, 2.45) is 11.7 Å². The van der Waals surface area contributed by atoms with E-state index in [1.54, 1.807) is 0 Å². The van der Waals surface area contributed by atoms with Gasteiger partial charge in [-0.3, -0.25) is 0 Å². The van der Waals surface area contributed by atoms with Crippen molar-refractivity contribution in [2.75, 3.05) is 24.5 Å². The van der Waals surface area contributed by atoms with Crippen LogP contribution in [0.3, 0.4) is 0 Å². The molecule has 0 aliphatic carbocycles. The molecule has 96 valence electrons. The SMILES string of the molecule is CC(C)CN(CCN)c1ccccc1C(C)C. The lowest BCUT2D eigenvalue weighted by Gasteiger charge is -2.29. The highest BCUT2D eigenvalue weighted by Gasteiger charge is 2.13. The number of anilines is 1. The maximum Gasteiger partial charge on any atom is 0.0401 e. The van der Waals surface area contributed by atoms with Crippen molar-refractivity contribution in [3.05, 3.63) is 29.8 Å². The molecule has 0 bridgehead atoms. The summed E-state index contributed by atoms with van der Waals surface area (Å²) in [7, 11) is 0. The number of benzene rings is 1. The van der Waals surface area contributed by atoms with E-state index in [4.69, 9.17) is 5.73 Å². The maximum absolute atomic E-state index is 5.73. The highest BCUT2D eigenvalue weighted by atomic mass is 15.1. The molecule has 0 aliphatic heterocycles. The molecule has 2 heteroatoms. The van der Waals surface area contributed by atoms with E-state index in [2.05, 4.69) is 56.9 Å². The molecule has 0 saturated carbocycles. The summed E-state index contributed by atoms with van der Waals surface area (Å²) < 4.78 is 0. The predicted molar refractivity (Wildman–Crippen MR) is 76.6 cm³/mol. The molecule has 17 heavy (non-hydrogen) atoms. The predicted octanol–water partition coefficient (Wildman–Crippen LogP) is 3.23. The number of nitrogens with zero attached hydrogens (tertiary/aromatic N) is 1. The second-order valence-corrected chi connectivity index (χ2v) is 5.34. The standard InChI is InChI=1S/C15H26N2/c1-12(2)11-17(10-9-16)15-8-6-5-7-14(15)13(3)4/h5-8,12-13H,9-11,16H2,1-4H3. The summed E-state index contributed by atoms with van der Waals surface area (Å²) in [6, 6.07) is 8.68. The first kappa shape index (κ1) is 14.0. The molecule has 2 nitrogen and oxygen atoms in total. The minimum Gasteiger partial charge on any atom is -0.370 e. The van der Waals surface area contributed by atoms with Crippen LogP contribution >= 0.6 is 0 Å². The zero-order valence-electron chi connectivity index (χ0n) is 11.6. The van der Waals surface area contributed by atoms with Crippen molar-refractivity contribution < 1.29 is 0 Å². The van der Waals surface area contributed by atoms with E-state index in [0.717, 1.165) is 13.1 Å². The smallest absolute Gasteiger partial charge is 0.0401 e. The second-order valence-electron chi connectivity index (χ2n) is 5.34. The van der Waals surface area contributed by atoms with Gasteiger partial charge in [-0.15, -0.1) is 0 Å². The fourth-order valence-electron chi connectivity index (χ4n) is 2.17. The molecule has 0 atom stereocenters. The Hall–Kier alpha value is -1.02. The summed E-state index contributed by atoms with van der Waals surface area (Å²) in [5.74, 6) is 1.21. The number of hydrogen-bond acceptors (Lipinski definition) is 2. The van der Waals surface area contributed by atoms with Gasteiger partial charge < -0.3 is 10.6 Å². The number of nitrogens with two attached hydrogens (primary N) is 1. The van der Waals surface area contributed by atoms with E-state index < -0.39 is 0 Å². The van der Waals surface area contributed by atoms with E-state index in [1.165, 1.54) is 11.3 Å². The number of para-hydroxylation sites is 1. The van der Waals surface area contributed by atoms with E-state index in [0.29, 0.717) is 18.4 Å². The first-order chi connectivity index (χ1) is 8.06. The maximum atomic E-state index is 5.73. The third-order valence-electron chi connectivity index (χ3n) is 2.88. The summed E-state index contributed by atoms with van der Waals surface area (Å²) in [5.41, 5.74) is 8.49. The molecule has 0 unspecified atom stereocenters. The summed E-state index contributed by atoms with van der Waals surface area (Å²) in [5, 5.41) is 0. The van der Waals surface area contributed by atoms with Crippen LogP contribution in [-0.2, 0) is 0 Å². The van der Waals surface area contributed by atoms with Gasteiger partial charge in [0.25, 0.3) is 0 Å². The molecule has 1 aromatic carbocycles. The zero-order valence-corrected chi connectivity index (χ0v) is 11.6. The van der Waals surface area contributed by atoms with Crippen LogP contribution in [0, 0.1) is 5.92 Å². The van der Waals surface area contributed by atoms with E-state index in [1.807, 2.05) is 0 Å². The van der Waals surface area contributed by atoms with E-state index in [-0.39, 0.29) is 0 Å². The minimum atomic E-state index is 0.554. The summed E-state index contributed by atoms with van der Waals surface area (Å²) >= 11 is 0. The summed E-state index contributed by atoms with van der Waals surface area (Å²) in [6.45, 7) is 11.7. The molecule has 2 N–H and O–H groups in total. The van der Waals surface area contributed by atoms with E-state index >= 15 is 0 Å². The summed E-state index contributed by atoms with van der Waals surface area (Å²) in [4.78, 5) is 2.42. The molecule has 0 heterocycles. The molecule has 0 radical (unpaired) electrons. The van der Waals surface area contributed by atoms with Crippen LogP contribution in [0.2, 0.25) is 0 Å². The Labute approximate surface area is 106 Å². The fraction of sp³-hybridized carbons (Fsp3) is 0.600. The average molecular weight is 234 g/mol. The molecular weight excluding hydrogens is 208 g/mol. The van der Waals surface area contributed by atoms with Crippen LogP contribution in [-0.4, -0.2) is 19.6 Å². The van der Waals surface area contributed by atoms with Gasteiger partial charge in [-0.1, -0.05) is 45.9 Å². The third kappa shape index (κ3) is 4.04. The molecule has 0 aliphatic rings. The molecule has 1 rings (SSSR count). The van der Waals surface area contributed by atoms with Gasteiger partial charge in [0, 0.05) is 25.3 Å². The van der Waals surface area contributed by atoms with Gasteiger partial charge in [-0.25, -0.2) is 0 Å². The number of hydrogen-bond donors (Lipinski definition) is 1. The molecule has 1 aromatic rings. The molecule has 0 amide bonds. The minimum absolute atomic E-state index is 0.554. The van der Waals surface area contributed by atoms with Crippen molar-refractivity contribution in [1.82, 2.24) is 0 Å².